The quantitative estimate of drug-likeness (QED) is 0.545. The molecule has 2 aromatic carbocycles. The molecule has 0 N–H and O–H groups in total. The van der Waals surface area contributed by atoms with E-state index in [9.17, 15) is 9.59 Å². The van der Waals surface area contributed by atoms with Crippen LogP contribution in [0.15, 0.2) is 66.1 Å². The lowest BCUT2D eigenvalue weighted by Crippen LogP contribution is -2.27. The third-order valence-corrected chi connectivity index (χ3v) is 4.76. The molecule has 0 saturated carbocycles. The maximum atomic E-state index is 12.2. The standard InChI is InChI=1S/C21H19NO3S/c1-3-11-22-20(23)19(26-21(22)24)13-16-7-9-18(10-8-16)25-14-17-6-4-5-15(2)12-17/h3-10,12-13H,1,11,14H2,2H3/b19-13+. The molecule has 132 valence electrons. The van der Waals surface area contributed by atoms with Crippen molar-refractivity contribution in [3.63, 3.8) is 0 Å². The van der Waals surface area contributed by atoms with Gasteiger partial charge in [0.2, 0.25) is 0 Å². The van der Waals surface area contributed by atoms with Crippen LogP contribution in [0.25, 0.3) is 6.08 Å². The minimum absolute atomic E-state index is 0.230. The van der Waals surface area contributed by atoms with Gasteiger partial charge in [-0.15, -0.1) is 6.58 Å². The lowest BCUT2D eigenvalue weighted by molar-refractivity contribution is -0.122. The summed E-state index contributed by atoms with van der Waals surface area (Å²) in [7, 11) is 0. The van der Waals surface area contributed by atoms with Gasteiger partial charge in [0.05, 0.1) is 4.91 Å². The van der Waals surface area contributed by atoms with Crippen LogP contribution in [0.1, 0.15) is 16.7 Å². The van der Waals surface area contributed by atoms with Crippen molar-refractivity contribution in [1.29, 1.82) is 0 Å². The van der Waals surface area contributed by atoms with E-state index in [4.69, 9.17) is 4.74 Å². The van der Waals surface area contributed by atoms with Gasteiger partial charge in [0.25, 0.3) is 11.1 Å². The van der Waals surface area contributed by atoms with Gasteiger partial charge in [0.15, 0.2) is 0 Å². The lowest BCUT2D eigenvalue weighted by Gasteiger charge is -2.08. The Morgan fingerprint density at radius 1 is 1.15 bits per heavy atom. The van der Waals surface area contributed by atoms with Gasteiger partial charge in [0.1, 0.15) is 12.4 Å². The van der Waals surface area contributed by atoms with Gasteiger partial charge in [-0.25, -0.2) is 0 Å². The molecule has 1 aliphatic heterocycles. The summed E-state index contributed by atoms with van der Waals surface area (Å²) in [6.07, 6.45) is 3.26. The smallest absolute Gasteiger partial charge is 0.293 e. The van der Waals surface area contributed by atoms with Crippen LogP contribution in [0.2, 0.25) is 0 Å². The second kappa shape index (κ2) is 8.06. The van der Waals surface area contributed by atoms with Crippen LogP contribution < -0.4 is 4.74 Å². The predicted octanol–water partition coefficient (Wildman–Crippen LogP) is 4.80. The Morgan fingerprint density at radius 2 is 1.92 bits per heavy atom. The first-order chi connectivity index (χ1) is 12.6. The van der Waals surface area contributed by atoms with E-state index in [0.717, 1.165) is 28.6 Å². The fraction of sp³-hybridized carbons (Fsp3) is 0.143. The van der Waals surface area contributed by atoms with Crippen LogP contribution in [0.3, 0.4) is 0 Å². The first kappa shape index (κ1) is 18.0. The van der Waals surface area contributed by atoms with Crippen LogP contribution in [0.4, 0.5) is 4.79 Å². The van der Waals surface area contributed by atoms with Gasteiger partial charge in [-0.05, 0) is 48.0 Å². The van der Waals surface area contributed by atoms with Crippen molar-refractivity contribution < 1.29 is 14.3 Å². The molecule has 1 aliphatic rings. The third kappa shape index (κ3) is 4.24. The molecule has 2 amide bonds. The number of rotatable bonds is 6. The van der Waals surface area contributed by atoms with Crippen molar-refractivity contribution in [2.75, 3.05) is 6.54 Å². The number of carbonyl (C=O) groups is 2. The summed E-state index contributed by atoms with van der Waals surface area (Å²) < 4.78 is 5.79. The van der Waals surface area contributed by atoms with Gasteiger partial charge < -0.3 is 4.74 Å². The van der Waals surface area contributed by atoms with Crippen LogP contribution >= 0.6 is 11.8 Å². The van der Waals surface area contributed by atoms with Crippen LogP contribution in [0, 0.1) is 6.92 Å². The second-order valence-corrected chi connectivity index (χ2v) is 6.92. The molecule has 5 heteroatoms. The number of aryl methyl sites for hydroxylation is 1. The highest BCUT2D eigenvalue weighted by molar-refractivity contribution is 8.18. The molecule has 1 saturated heterocycles. The Balaban J connectivity index is 1.65. The number of nitrogens with zero attached hydrogens (tertiary/aromatic N) is 1. The Labute approximate surface area is 157 Å². The molecule has 3 rings (SSSR count). The average Bonchev–Trinajstić information content (AvgIpc) is 2.89. The molecule has 4 nitrogen and oxygen atoms in total. The van der Waals surface area contributed by atoms with Crippen molar-refractivity contribution in [3.8, 4) is 5.75 Å². The zero-order chi connectivity index (χ0) is 18.5. The highest BCUT2D eigenvalue weighted by atomic mass is 32.2. The highest BCUT2D eigenvalue weighted by Gasteiger charge is 2.33. The fourth-order valence-corrected chi connectivity index (χ4v) is 3.42. The minimum Gasteiger partial charge on any atom is -0.489 e. The Bertz CT molecular complexity index is 871. The largest absolute Gasteiger partial charge is 0.489 e. The maximum Gasteiger partial charge on any atom is 0.293 e. The van der Waals surface area contributed by atoms with E-state index >= 15 is 0 Å². The highest BCUT2D eigenvalue weighted by Crippen LogP contribution is 2.32. The first-order valence-electron chi connectivity index (χ1n) is 8.21. The van der Waals surface area contributed by atoms with Gasteiger partial charge in [0, 0.05) is 6.54 Å². The summed E-state index contributed by atoms with van der Waals surface area (Å²) in [5.41, 5.74) is 3.16. The first-order valence-corrected chi connectivity index (χ1v) is 9.03. The molecule has 0 aromatic heterocycles. The zero-order valence-electron chi connectivity index (χ0n) is 14.5. The fourth-order valence-electron chi connectivity index (χ4n) is 2.57. The van der Waals surface area contributed by atoms with Crippen LogP contribution in [-0.4, -0.2) is 22.6 Å². The number of benzene rings is 2. The van der Waals surface area contributed by atoms with E-state index in [-0.39, 0.29) is 17.7 Å². The van der Waals surface area contributed by atoms with Crippen molar-refractivity contribution in [2.24, 2.45) is 0 Å². The molecular weight excluding hydrogens is 346 g/mol. The number of ether oxygens (including phenoxy) is 1. The summed E-state index contributed by atoms with van der Waals surface area (Å²) in [5, 5.41) is -0.265. The molecule has 2 aromatic rings. The van der Waals surface area contributed by atoms with E-state index < -0.39 is 0 Å². The lowest BCUT2D eigenvalue weighted by atomic mass is 10.1. The van der Waals surface area contributed by atoms with Gasteiger partial charge in [-0.2, -0.15) is 0 Å². The topological polar surface area (TPSA) is 46.6 Å². The molecule has 0 spiro atoms. The van der Waals surface area contributed by atoms with Crippen molar-refractivity contribution >= 4 is 29.0 Å². The van der Waals surface area contributed by atoms with Crippen molar-refractivity contribution in [3.05, 3.63) is 82.8 Å². The molecule has 1 fully saturated rings. The molecule has 0 bridgehead atoms. The molecule has 26 heavy (non-hydrogen) atoms. The molecular formula is C21H19NO3S. The van der Waals surface area contributed by atoms with Gasteiger partial charge in [-0.3, -0.25) is 14.5 Å². The summed E-state index contributed by atoms with van der Waals surface area (Å²) in [5.74, 6) is 0.475. The Kier molecular flexibility index (Phi) is 5.58. The predicted molar refractivity (Wildman–Crippen MR) is 105 cm³/mol. The minimum atomic E-state index is -0.278. The average molecular weight is 365 g/mol. The summed E-state index contributed by atoms with van der Waals surface area (Å²) in [6.45, 7) is 6.35. The monoisotopic (exact) mass is 365 g/mol. The Morgan fingerprint density at radius 3 is 2.62 bits per heavy atom. The summed E-state index contributed by atoms with van der Waals surface area (Å²) >= 11 is 0.949. The molecule has 0 atom stereocenters. The SMILES string of the molecule is C=CCN1C(=O)S/C(=C/c2ccc(OCc3cccc(C)c3)cc2)C1=O. The zero-order valence-corrected chi connectivity index (χ0v) is 15.3. The van der Waals surface area contributed by atoms with Crippen molar-refractivity contribution in [2.45, 2.75) is 13.5 Å². The number of hydrogen-bond donors (Lipinski definition) is 0. The molecule has 1 heterocycles. The van der Waals surface area contributed by atoms with E-state index in [2.05, 4.69) is 25.6 Å². The second-order valence-electron chi connectivity index (χ2n) is 5.93. The molecule has 0 radical (unpaired) electrons. The number of thioether (sulfide) groups is 1. The summed E-state index contributed by atoms with van der Waals surface area (Å²) in [4.78, 5) is 25.6. The third-order valence-electron chi connectivity index (χ3n) is 3.85. The molecule has 0 aliphatic carbocycles. The normalized spacial score (nSPS) is 15.6. The number of hydrogen-bond acceptors (Lipinski definition) is 4. The van der Waals surface area contributed by atoms with Gasteiger partial charge in [-0.1, -0.05) is 48.0 Å². The summed E-state index contributed by atoms with van der Waals surface area (Å²) in [6, 6.07) is 15.6. The number of imide groups is 1. The van der Waals surface area contributed by atoms with Gasteiger partial charge >= 0.3 is 0 Å². The van der Waals surface area contributed by atoms with E-state index in [1.807, 2.05) is 36.4 Å². The van der Waals surface area contributed by atoms with E-state index in [1.54, 1.807) is 12.2 Å². The number of amides is 2. The van der Waals surface area contributed by atoms with Crippen molar-refractivity contribution in [1.82, 2.24) is 4.90 Å². The van der Waals surface area contributed by atoms with E-state index in [1.165, 1.54) is 10.5 Å². The molecule has 0 unspecified atom stereocenters. The van der Waals surface area contributed by atoms with Crippen LogP contribution in [-0.2, 0) is 11.4 Å². The maximum absolute atomic E-state index is 12.2. The Hall–Kier alpha value is -2.79. The number of carbonyl (C=O) groups excluding carboxylic acids is 2. The van der Waals surface area contributed by atoms with E-state index in [0.29, 0.717) is 11.5 Å². The van der Waals surface area contributed by atoms with Crippen LogP contribution in [0.5, 0.6) is 5.75 Å².